The number of nitrogens with two attached hydrogens (primary N) is 1. The molecule has 0 aromatic carbocycles. The molecule has 1 aliphatic rings. The van der Waals surface area contributed by atoms with Crippen molar-refractivity contribution < 1.29 is 4.74 Å². The van der Waals surface area contributed by atoms with Gasteiger partial charge in [0.15, 0.2) is 5.82 Å². The van der Waals surface area contributed by atoms with Crippen molar-refractivity contribution >= 4 is 5.82 Å². The lowest BCUT2D eigenvalue weighted by Crippen LogP contribution is -2.26. The van der Waals surface area contributed by atoms with E-state index in [9.17, 15) is 0 Å². The normalized spacial score (nSPS) is 25.2. The fourth-order valence-electron chi connectivity index (χ4n) is 2.04. The van der Waals surface area contributed by atoms with Crippen LogP contribution in [0.1, 0.15) is 52.1 Å². The molecule has 1 aromatic heterocycles. The molecule has 0 spiro atoms. The predicted molar refractivity (Wildman–Crippen MR) is 67.7 cm³/mol. The highest BCUT2D eigenvalue weighted by molar-refractivity contribution is 5.33. The van der Waals surface area contributed by atoms with Gasteiger partial charge in [-0.2, -0.15) is 0 Å². The fourth-order valence-corrected chi connectivity index (χ4v) is 2.04. The lowest BCUT2D eigenvalue weighted by Gasteiger charge is -2.25. The van der Waals surface area contributed by atoms with Crippen molar-refractivity contribution in [3.63, 3.8) is 0 Å². The zero-order valence-electron chi connectivity index (χ0n) is 11.1. The monoisotopic (exact) mass is 235 g/mol. The second kappa shape index (κ2) is 3.95. The molecule has 94 valence electrons. The van der Waals surface area contributed by atoms with Gasteiger partial charge in [-0.3, -0.25) is 0 Å². The highest BCUT2D eigenvalue weighted by Gasteiger charge is 2.35. The average molecular weight is 235 g/mol. The van der Waals surface area contributed by atoms with Crippen LogP contribution in [0.5, 0.6) is 0 Å². The number of anilines is 1. The minimum Gasteiger partial charge on any atom is -0.384 e. The highest BCUT2D eigenvalue weighted by atomic mass is 16.5. The van der Waals surface area contributed by atoms with Crippen molar-refractivity contribution in [2.45, 2.75) is 51.6 Å². The van der Waals surface area contributed by atoms with Crippen LogP contribution in [-0.2, 0) is 15.8 Å². The Kier molecular flexibility index (Phi) is 2.86. The summed E-state index contributed by atoms with van der Waals surface area (Å²) >= 11 is 0. The molecule has 4 heteroatoms. The van der Waals surface area contributed by atoms with E-state index < -0.39 is 0 Å². The molecule has 0 aliphatic carbocycles. The molecule has 2 heterocycles. The van der Waals surface area contributed by atoms with Crippen LogP contribution < -0.4 is 5.73 Å². The first-order valence-corrected chi connectivity index (χ1v) is 6.11. The van der Waals surface area contributed by atoms with Gasteiger partial charge in [0.05, 0.1) is 5.69 Å². The third kappa shape index (κ3) is 2.41. The van der Waals surface area contributed by atoms with Gasteiger partial charge in [0.25, 0.3) is 0 Å². The summed E-state index contributed by atoms with van der Waals surface area (Å²) in [7, 11) is 0. The second-order valence-corrected chi connectivity index (χ2v) is 5.93. The van der Waals surface area contributed by atoms with Crippen LogP contribution in [0.25, 0.3) is 0 Å². The van der Waals surface area contributed by atoms with Gasteiger partial charge in [-0.05, 0) is 19.8 Å². The summed E-state index contributed by atoms with van der Waals surface area (Å²) in [5.41, 5.74) is 6.45. The van der Waals surface area contributed by atoms with Gasteiger partial charge < -0.3 is 10.5 Å². The maximum Gasteiger partial charge on any atom is 0.162 e. The lowest BCUT2D eigenvalue weighted by atomic mass is 9.91. The molecule has 1 aliphatic heterocycles. The Morgan fingerprint density at radius 3 is 2.59 bits per heavy atom. The quantitative estimate of drug-likeness (QED) is 0.811. The predicted octanol–water partition coefficient (Wildman–Crippen LogP) is 2.38. The van der Waals surface area contributed by atoms with Crippen LogP contribution in [-0.4, -0.2) is 16.6 Å². The molecule has 1 saturated heterocycles. The SMILES string of the molecule is CC(C)(C)c1cc(N)nc(C2(C)CCCO2)n1. The Labute approximate surface area is 103 Å². The molecule has 4 nitrogen and oxygen atoms in total. The summed E-state index contributed by atoms with van der Waals surface area (Å²) < 4.78 is 5.77. The molecule has 1 fully saturated rings. The first-order valence-electron chi connectivity index (χ1n) is 6.11. The molecular weight excluding hydrogens is 214 g/mol. The van der Waals surface area contributed by atoms with E-state index in [2.05, 4.69) is 30.7 Å². The third-order valence-electron chi connectivity index (χ3n) is 3.21. The van der Waals surface area contributed by atoms with Gasteiger partial charge in [-0.25, -0.2) is 9.97 Å². The van der Waals surface area contributed by atoms with E-state index in [0.29, 0.717) is 5.82 Å². The third-order valence-corrected chi connectivity index (χ3v) is 3.21. The van der Waals surface area contributed by atoms with E-state index in [1.807, 2.05) is 13.0 Å². The van der Waals surface area contributed by atoms with Gasteiger partial charge in [0, 0.05) is 18.1 Å². The van der Waals surface area contributed by atoms with Crippen LogP contribution in [0.4, 0.5) is 5.82 Å². The largest absolute Gasteiger partial charge is 0.384 e. The minimum absolute atomic E-state index is 0.0270. The summed E-state index contributed by atoms with van der Waals surface area (Å²) in [4.78, 5) is 8.99. The molecule has 2 rings (SSSR count). The number of hydrogen-bond acceptors (Lipinski definition) is 4. The van der Waals surface area contributed by atoms with Crippen LogP contribution in [0, 0.1) is 0 Å². The molecule has 2 N–H and O–H groups in total. The molecule has 1 unspecified atom stereocenters. The van der Waals surface area contributed by atoms with Crippen LogP contribution in [0.2, 0.25) is 0 Å². The van der Waals surface area contributed by atoms with Crippen molar-refractivity contribution in [3.8, 4) is 0 Å². The molecule has 0 saturated carbocycles. The number of nitrogens with zero attached hydrogens (tertiary/aromatic N) is 2. The summed E-state index contributed by atoms with van der Waals surface area (Å²) in [6.45, 7) is 9.18. The van der Waals surface area contributed by atoms with Crippen LogP contribution in [0.15, 0.2) is 6.07 Å². The van der Waals surface area contributed by atoms with Gasteiger partial charge in [-0.15, -0.1) is 0 Å². The Hall–Kier alpha value is -1.16. The van der Waals surface area contributed by atoms with Gasteiger partial charge in [0.1, 0.15) is 11.4 Å². The number of ether oxygens (including phenoxy) is 1. The van der Waals surface area contributed by atoms with Crippen molar-refractivity contribution in [1.29, 1.82) is 0 Å². The smallest absolute Gasteiger partial charge is 0.162 e. The summed E-state index contributed by atoms with van der Waals surface area (Å²) in [6, 6.07) is 1.85. The lowest BCUT2D eigenvalue weighted by molar-refractivity contribution is 0.00915. The number of hydrogen-bond donors (Lipinski definition) is 1. The topological polar surface area (TPSA) is 61.0 Å². The molecule has 17 heavy (non-hydrogen) atoms. The summed E-state index contributed by atoms with van der Waals surface area (Å²) in [6.07, 6.45) is 2.01. The molecular formula is C13H21N3O. The number of rotatable bonds is 1. The van der Waals surface area contributed by atoms with E-state index in [0.717, 1.165) is 31.0 Å². The zero-order chi connectivity index (χ0) is 12.7. The van der Waals surface area contributed by atoms with E-state index in [1.165, 1.54) is 0 Å². The Bertz CT molecular complexity index is 417. The van der Waals surface area contributed by atoms with E-state index in [4.69, 9.17) is 10.5 Å². The molecule has 0 radical (unpaired) electrons. The second-order valence-electron chi connectivity index (χ2n) is 5.93. The zero-order valence-corrected chi connectivity index (χ0v) is 11.1. The fraction of sp³-hybridized carbons (Fsp3) is 0.692. The van der Waals surface area contributed by atoms with Crippen molar-refractivity contribution in [2.24, 2.45) is 0 Å². The van der Waals surface area contributed by atoms with Crippen molar-refractivity contribution in [3.05, 3.63) is 17.6 Å². The van der Waals surface area contributed by atoms with E-state index >= 15 is 0 Å². The van der Waals surface area contributed by atoms with E-state index in [-0.39, 0.29) is 11.0 Å². The Balaban J connectivity index is 2.45. The molecule has 1 atom stereocenters. The maximum absolute atomic E-state index is 5.88. The van der Waals surface area contributed by atoms with Gasteiger partial charge in [0.2, 0.25) is 0 Å². The van der Waals surface area contributed by atoms with Gasteiger partial charge >= 0.3 is 0 Å². The summed E-state index contributed by atoms with van der Waals surface area (Å²) in [5, 5.41) is 0. The Morgan fingerprint density at radius 2 is 2.06 bits per heavy atom. The Morgan fingerprint density at radius 1 is 1.35 bits per heavy atom. The average Bonchev–Trinajstić information content (AvgIpc) is 2.64. The first-order chi connectivity index (χ1) is 7.81. The standard InChI is InChI=1S/C13H21N3O/c1-12(2,3)9-8-10(14)16-11(15-9)13(4)6-5-7-17-13/h8H,5-7H2,1-4H3,(H2,14,15,16). The minimum atomic E-state index is -0.366. The highest BCUT2D eigenvalue weighted by Crippen LogP contribution is 2.34. The summed E-state index contributed by atoms with van der Waals surface area (Å²) in [5.74, 6) is 1.25. The first kappa shape index (κ1) is 12.3. The molecule has 1 aromatic rings. The number of aromatic nitrogens is 2. The number of nitrogen functional groups attached to an aromatic ring is 1. The molecule has 0 amide bonds. The van der Waals surface area contributed by atoms with Crippen LogP contribution >= 0.6 is 0 Å². The van der Waals surface area contributed by atoms with Gasteiger partial charge in [-0.1, -0.05) is 20.8 Å². The van der Waals surface area contributed by atoms with E-state index in [1.54, 1.807) is 0 Å². The van der Waals surface area contributed by atoms with Crippen molar-refractivity contribution in [2.75, 3.05) is 12.3 Å². The van der Waals surface area contributed by atoms with Crippen LogP contribution in [0.3, 0.4) is 0 Å². The molecule has 0 bridgehead atoms. The van der Waals surface area contributed by atoms with Crippen molar-refractivity contribution in [1.82, 2.24) is 9.97 Å². The maximum atomic E-state index is 5.88.